The summed E-state index contributed by atoms with van der Waals surface area (Å²) in [6.07, 6.45) is 4.31. The fraction of sp³-hybridized carbons (Fsp3) is 0.353. The lowest BCUT2D eigenvalue weighted by molar-refractivity contribution is 0.475. The van der Waals surface area contributed by atoms with Crippen molar-refractivity contribution in [3.05, 3.63) is 40.4 Å². The number of nitrogens with zero attached hydrogens (tertiary/aromatic N) is 3. The maximum absolute atomic E-state index is 12.4. The Hall–Kier alpha value is -2.63. The van der Waals surface area contributed by atoms with Crippen molar-refractivity contribution in [2.24, 2.45) is 0 Å². The van der Waals surface area contributed by atoms with Gasteiger partial charge in [0.05, 0.1) is 5.69 Å². The van der Waals surface area contributed by atoms with Crippen LogP contribution in [0.5, 0.6) is 5.75 Å². The number of aromatic hydroxyl groups is 1. The van der Waals surface area contributed by atoms with Crippen LogP contribution in [0.25, 0.3) is 22.6 Å². The van der Waals surface area contributed by atoms with Gasteiger partial charge in [0.2, 0.25) is 0 Å². The number of H-pyrrole nitrogens is 1. The van der Waals surface area contributed by atoms with Gasteiger partial charge in [-0.2, -0.15) is 0 Å². The van der Waals surface area contributed by atoms with Gasteiger partial charge in [-0.1, -0.05) is 25.0 Å². The Bertz CT molecular complexity index is 935. The summed E-state index contributed by atoms with van der Waals surface area (Å²) in [5.74, 6) is 0.697. The quantitative estimate of drug-likeness (QED) is 0.762. The van der Waals surface area contributed by atoms with Crippen molar-refractivity contribution >= 4 is 11.2 Å². The molecule has 1 saturated carbocycles. The first-order valence-corrected chi connectivity index (χ1v) is 7.92. The minimum absolute atomic E-state index is 0.114. The Balaban J connectivity index is 1.95. The molecule has 0 atom stereocenters. The fourth-order valence-electron chi connectivity index (χ4n) is 3.42. The van der Waals surface area contributed by atoms with Crippen LogP contribution in [-0.4, -0.2) is 24.6 Å². The van der Waals surface area contributed by atoms with Crippen molar-refractivity contribution in [1.29, 1.82) is 0 Å². The predicted molar refractivity (Wildman–Crippen MR) is 87.5 cm³/mol. The van der Waals surface area contributed by atoms with Gasteiger partial charge >= 0.3 is 5.69 Å². The van der Waals surface area contributed by atoms with E-state index in [2.05, 4.69) is 15.0 Å². The standard InChI is InChI=1S/C17H18N4O2/c1-10-14-16(21(17(23)19-14)12-6-2-3-7-12)20-15(18-10)11-5-4-8-13(22)9-11/h4-5,8-9,12,22H,2-3,6-7H2,1H3,(H,19,23). The van der Waals surface area contributed by atoms with E-state index in [0.717, 1.165) is 36.9 Å². The summed E-state index contributed by atoms with van der Waals surface area (Å²) < 4.78 is 1.78. The monoisotopic (exact) mass is 310 g/mol. The van der Waals surface area contributed by atoms with Gasteiger partial charge in [0.15, 0.2) is 11.5 Å². The maximum Gasteiger partial charge on any atom is 0.327 e. The van der Waals surface area contributed by atoms with E-state index in [1.165, 1.54) is 0 Å². The number of hydrogen-bond donors (Lipinski definition) is 2. The summed E-state index contributed by atoms with van der Waals surface area (Å²) in [6, 6.07) is 7.06. The van der Waals surface area contributed by atoms with Crippen LogP contribution in [0.1, 0.15) is 37.4 Å². The summed E-state index contributed by atoms with van der Waals surface area (Å²) >= 11 is 0. The van der Waals surface area contributed by atoms with E-state index in [4.69, 9.17) is 0 Å². The third kappa shape index (κ3) is 2.30. The van der Waals surface area contributed by atoms with Crippen LogP contribution in [0.15, 0.2) is 29.1 Å². The zero-order valence-corrected chi connectivity index (χ0v) is 12.9. The first-order chi connectivity index (χ1) is 11.1. The topological polar surface area (TPSA) is 83.8 Å². The van der Waals surface area contributed by atoms with Gasteiger partial charge in [-0.25, -0.2) is 14.8 Å². The van der Waals surface area contributed by atoms with Gasteiger partial charge in [0.25, 0.3) is 0 Å². The lowest BCUT2D eigenvalue weighted by Gasteiger charge is -2.11. The minimum Gasteiger partial charge on any atom is -0.508 e. The van der Waals surface area contributed by atoms with Gasteiger partial charge in [-0.05, 0) is 31.9 Å². The zero-order chi connectivity index (χ0) is 16.0. The van der Waals surface area contributed by atoms with Crippen LogP contribution in [0.2, 0.25) is 0 Å². The summed E-state index contributed by atoms with van der Waals surface area (Å²) in [6.45, 7) is 1.87. The number of benzene rings is 1. The highest BCUT2D eigenvalue weighted by Crippen LogP contribution is 2.31. The van der Waals surface area contributed by atoms with E-state index in [0.29, 0.717) is 17.0 Å². The molecule has 1 aliphatic rings. The lowest BCUT2D eigenvalue weighted by Crippen LogP contribution is -2.20. The van der Waals surface area contributed by atoms with E-state index >= 15 is 0 Å². The molecular weight excluding hydrogens is 292 g/mol. The third-order valence-electron chi connectivity index (χ3n) is 4.54. The maximum atomic E-state index is 12.4. The number of fused-ring (bicyclic) bond motifs is 1. The number of imidazole rings is 1. The van der Waals surface area contributed by atoms with E-state index in [1.807, 2.05) is 13.0 Å². The lowest BCUT2D eigenvalue weighted by atomic mass is 10.2. The molecule has 23 heavy (non-hydrogen) atoms. The van der Waals surface area contributed by atoms with Crippen molar-refractivity contribution in [1.82, 2.24) is 19.5 Å². The van der Waals surface area contributed by atoms with Crippen LogP contribution in [-0.2, 0) is 0 Å². The van der Waals surface area contributed by atoms with E-state index in [-0.39, 0.29) is 17.5 Å². The fourth-order valence-corrected chi connectivity index (χ4v) is 3.42. The molecule has 0 unspecified atom stereocenters. The first-order valence-electron chi connectivity index (χ1n) is 7.92. The Morgan fingerprint density at radius 1 is 1.26 bits per heavy atom. The molecule has 2 N–H and O–H groups in total. The van der Waals surface area contributed by atoms with Crippen LogP contribution in [0, 0.1) is 6.92 Å². The molecule has 6 nitrogen and oxygen atoms in total. The Labute approximate surface area is 132 Å². The molecule has 6 heteroatoms. The highest BCUT2D eigenvalue weighted by molar-refractivity contribution is 5.76. The van der Waals surface area contributed by atoms with Crippen molar-refractivity contribution in [3.8, 4) is 17.1 Å². The van der Waals surface area contributed by atoms with Crippen molar-refractivity contribution in [3.63, 3.8) is 0 Å². The van der Waals surface area contributed by atoms with E-state index in [1.54, 1.807) is 22.8 Å². The van der Waals surface area contributed by atoms with Gasteiger partial charge in [-0.3, -0.25) is 4.57 Å². The summed E-state index contributed by atoms with van der Waals surface area (Å²) in [4.78, 5) is 24.4. The molecule has 0 saturated heterocycles. The molecule has 118 valence electrons. The number of hydrogen-bond acceptors (Lipinski definition) is 4. The Morgan fingerprint density at radius 3 is 2.78 bits per heavy atom. The Kier molecular flexibility index (Phi) is 3.18. The Morgan fingerprint density at radius 2 is 2.04 bits per heavy atom. The van der Waals surface area contributed by atoms with E-state index in [9.17, 15) is 9.90 Å². The molecule has 2 aromatic heterocycles. The van der Waals surface area contributed by atoms with Gasteiger partial charge in [0.1, 0.15) is 11.3 Å². The smallest absolute Gasteiger partial charge is 0.327 e. The molecule has 1 fully saturated rings. The molecule has 1 aromatic carbocycles. The van der Waals surface area contributed by atoms with Gasteiger partial charge < -0.3 is 10.1 Å². The second-order valence-corrected chi connectivity index (χ2v) is 6.12. The molecule has 3 aromatic rings. The van der Waals surface area contributed by atoms with Crippen molar-refractivity contribution in [2.45, 2.75) is 38.6 Å². The second-order valence-electron chi connectivity index (χ2n) is 6.12. The van der Waals surface area contributed by atoms with Crippen molar-refractivity contribution < 1.29 is 5.11 Å². The summed E-state index contributed by atoms with van der Waals surface area (Å²) in [7, 11) is 0. The largest absolute Gasteiger partial charge is 0.508 e. The third-order valence-corrected chi connectivity index (χ3v) is 4.54. The molecule has 4 rings (SSSR count). The van der Waals surface area contributed by atoms with E-state index < -0.39 is 0 Å². The zero-order valence-electron chi connectivity index (χ0n) is 12.9. The van der Waals surface area contributed by atoms with Crippen LogP contribution < -0.4 is 5.69 Å². The molecule has 0 aliphatic heterocycles. The average Bonchev–Trinajstić information content (AvgIpc) is 3.14. The molecule has 2 heterocycles. The van der Waals surface area contributed by atoms with Crippen LogP contribution in [0.4, 0.5) is 0 Å². The molecule has 0 radical (unpaired) electrons. The van der Waals surface area contributed by atoms with Crippen LogP contribution in [0.3, 0.4) is 0 Å². The molecule has 0 spiro atoms. The molecule has 0 bridgehead atoms. The minimum atomic E-state index is -0.114. The molecule has 1 aliphatic carbocycles. The average molecular weight is 310 g/mol. The van der Waals surface area contributed by atoms with Crippen LogP contribution >= 0.6 is 0 Å². The first kappa shape index (κ1) is 14.0. The molecule has 0 amide bonds. The number of aromatic nitrogens is 4. The summed E-state index contributed by atoms with van der Waals surface area (Å²) in [5.41, 5.74) is 2.72. The van der Waals surface area contributed by atoms with Gasteiger partial charge in [0, 0.05) is 11.6 Å². The number of nitrogens with one attached hydrogen (secondary N) is 1. The number of phenolic OH excluding ortho intramolecular Hbond substituents is 1. The highest BCUT2D eigenvalue weighted by atomic mass is 16.3. The number of aromatic amines is 1. The van der Waals surface area contributed by atoms with Gasteiger partial charge in [-0.15, -0.1) is 0 Å². The predicted octanol–water partition coefficient (Wildman–Crippen LogP) is 2.92. The molecular formula is C17H18N4O2. The number of phenols is 1. The summed E-state index contributed by atoms with van der Waals surface area (Å²) in [5, 5.41) is 9.67. The number of rotatable bonds is 2. The van der Waals surface area contributed by atoms with Crippen molar-refractivity contribution in [2.75, 3.05) is 0 Å². The number of aryl methyl sites for hydroxylation is 1. The normalized spacial score (nSPS) is 15.5. The highest BCUT2D eigenvalue weighted by Gasteiger charge is 2.23. The second kappa shape index (κ2) is 5.22. The SMILES string of the molecule is Cc1nc(-c2cccc(O)c2)nc2c1[nH]c(=O)n2C1CCCC1.